The largest absolute Gasteiger partial charge is 0.497 e. The number of hydrogen-bond acceptors (Lipinski definition) is 3. The number of carbonyl (C=O) groups is 1. The molecule has 0 saturated heterocycles. The molecule has 4 nitrogen and oxygen atoms in total. The van der Waals surface area contributed by atoms with Gasteiger partial charge in [0.05, 0.1) is 7.11 Å². The number of rotatable bonds is 7. The van der Waals surface area contributed by atoms with Crippen LogP contribution >= 0.6 is 0 Å². The normalized spacial score (nSPS) is 11.9. The van der Waals surface area contributed by atoms with E-state index in [1.807, 2.05) is 97.7 Å². The van der Waals surface area contributed by atoms with Crippen molar-refractivity contribution in [3.05, 3.63) is 95.6 Å². The Morgan fingerprint density at radius 1 is 1.00 bits per heavy atom. The number of amides is 1. The topological polar surface area (TPSA) is 41.6 Å². The standard InChI is InChI=1S/C24H26N2O2/c1-18-12-14-21(15-13-18)25-24(27)23(20-9-5-4-6-10-20)26(2)17-19-8-7-11-22(16-19)28-3/h4-16,23H,17H2,1-3H3,(H,25,27)/t23-/m0/s1. The molecule has 3 rings (SSSR count). The Morgan fingerprint density at radius 2 is 1.71 bits per heavy atom. The Hall–Kier alpha value is -3.11. The maximum absolute atomic E-state index is 13.2. The third-order valence-corrected chi connectivity index (χ3v) is 4.69. The second kappa shape index (κ2) is 9.20. The maximum atomic E-state index is 13.2. The van der Waals surface area contributed by atoms with E-state index in [9.17, 15) is 4.79 Å². The number of methoxy groups -OCH3 is 1. The lowest BCUT2D eigenvalue weighted by atomic mass is 10.0. The first-order valence-electron chi connectivity index (χ1n) is 9.32. The van der Waals surface area contributed by atoms with Crippen LogP contribution in [-0.2, 0) is 11.3 Å². The third-order valence-electron chi connectivity index (χ3n) is 4.69. The summed E-state index contributed by atoms with van der Waals surface area (Å²) >= 11 is 0. The second-order valence-electron chi connectivity index (χ2n) is 6.94. The van der Waals surface area contributed by atoms with Crippen LogP contribution in [0.1, 0.15) is 22.7 Å². The average Bonchev–Trinajstić information content (AvgIpc) is 2.71. The molecule has 0 radical (unpaired) electrons. The maximum Gasteiger partial charge on any atom is 0.246 e. The fourth-order valence-corrected chi connectivity index (χ4v) is 3.24. The Bertz CT molecular complexity index is 907. The minimum atomic E-state index is -0.409. The van der Waals surface area contributed by atoms with Crippen molar-refractivity contribution in [3.63, 3.8) is 0 Å². The van der Waals surface area contributed by atoms with Crippen LogP contribution in [0.3, 0.4) is 0 Å². The van der Waals surface area contributed by atoms with Crippen LogP contribution in [0.5, 0.6) is 5.75 Å². The van der Waals surface area contributed by atoms with Gasteiger partial charge in [0.1, 0.15) is 11.8 Å². The fraction of sp³-hybridized carbons (Fsp3) is 0.208. The van der Waals surface area contributed by atoms with Crippen LogP contribution in [0.15, 0.2) is 78.9 Å². The zero-order chi connectivity index (χ0) is 19.9. The van der Waals surface area contributed by atoms with E-state index < -0.39 is 6.04 Å². The molecule has 0 bridgehead atoms. The van der Waals surface area contributed by atoms with Gasteiger partial charge in [-0.1, -0.05) is 60.2 Å². The average molecular weight is 374 g/mol. The van der Waals surface area contributed by atoms with Gasteiger partial charge in [-0.3, -0.25) is 9.69 Å². The van der Waals surface area contributed by atoms with Crippen molar-refractivity contribution in [3.8, 4) is 5.75 Å². The van der Waals surface area contributed by atoms with Crippen LogP contribution in [0.4, 0.5) is 5.69 Å². The number of benzene rings is 3. The molecule has 0 aliphatic heterocycles. The van der Waals surface area contributed by atoms with Gasteiger partial charge in [-0.2, -0.15) is 0 Å². The number of aryl methyl sites for hydroxylation is 1. The molecule has 0 saturated carbocycles. The van der Waals surface area contributed by atoms with Gasteiger partial charge in [-0.15, -0.1) is 0 Å². The van der Waals surface area contributed by atoms with E-state index >= 15 is 0 Å². The molecular formula is C24H26N2O2. The highest BCUT2D eigenvalue weighted by Gasteiger charge is 2.25. The highest BCUT2D eigenvalue weighted by molar-refractivity contribution is 5.95. The van der Waals surface area contributed by atoms with Crippen molar-refractivity contribution in [2.75, 3.05) is 19.5 Å². The van der Waals surface area contributed by atoms with Crippen molar-refractivity contribution in [2.24, 2.45) is 0 Å². The van der Waals surface area contributed by atoms with Crippen LogP contribution in [0, 0.1) is 6.92 Å². The monoisotopic (exact) mass is 374 g/mol. The summed E-state index contributed by atoms with van der Waals surface area (Å²) in [7, 11) is 3.62. The van der Waals surface area contributed by atoms with E-state index in [1.54, 1.807) is 7.11 Å². The lowest BCUT2D eigenvalue weighted by molar-refractivity contribution is -0.121. The molecule has 0 unspecified atom stereocenters. The molecule has 3 aromatic carbocycles. The summed E-state index contributed by atoms with van der Waals surface area (Å²) in [5.41, 5.74) is 4.00. The SMILES string of the molecule is COc1cccc(CN(C)[C@H](C(=O)Nc2ccc(C)cc2)c2ccccc2)c1. The van der Waals surface area contributed by atoms with Gasteiger partial charge in [0.15, 0.2) is 0 Å². The molecule has 144 valence electrons. The Labute approximate surface area is 166 Å². The summed E-state index contributed by atoms with van der Waals surface area (Å²) in [4.78, 5) is 15.2. The van der Waals surface area contributed by atoms with Gasteiger partial charge in [0.25, 0.3) is 0 Å². The molecule has 3 aromatic rings. The molecule has 0 fully saturated rings. The smallest absolute Gasteiger partial charge is 0.246 e. The van der Waals surface area contributed by atoms with E-state index in [0.29, 0.717) is 6.54 Å². The minimum absolute atomic E-state index is 0.0551. The summed E-state index contributed by atoms with van der Waals surface area (Å²) in [5, 5.41) is 3.05. The van der Waals surface area contributed by atoms with E-state index in [2.05, 4.69) is 5.32 Å². The quantitative estimate of drug-likeness (QED) is 0.645. The number of ether oxygens (including phenoxy) is 1. The number of likely N-dealkylation sites (N-methyl/N-ethyl adjacent to an activating group) is 1. The number of nitrogens with zero attached hydrogens (tertiary/aromatic N) is 1. The van der Waals surface area contributed by atoms with Gasteiger partial charge >= 0.3 is 0 Å². The summed E-state index contributed by atoms with van der Waals surface area (Å²) < 4.78 is 5.32. The Balaban J connectivity index is 1.83. The molecule has 0 spiro atoms. The first-order chi connectivity index (χ1) is 13.6. The van der Waals surface area contributed by atoms with E-state index in [-0.39, 0.29) is 5.91 Å². The summed E-state index contributed by atoms with van der Waals surface area (Å²) in [5.74, 6) is 0.756. The predicted octanol–water partition coefficient (Wildman–Crippen LogP) is 4.82. The zero-order valence-electron chi connectivity index (χ0n) is 16.6. The molecule has 4 heteroatoms. The van der Waals surface area contributed by atoms with E-state index in [0.717, 1.165) is 28.1 Å². The second-order valence-corrected chi connectivity index (χ2v) is 6.94. The summed E-state index contributed by atoms with van der Waals surface area (Å²) in [6.45, 7) is 2.65. The predicted molar refractivity (Wildman–Crippen MR) is 113 cm³/mol. The molecular weight excluding hydrogens is 348 g/mol. The van der Waals surface area contributed by atoms with Crippen LogP contribution in [-0.4, -0.2) is 25.0 Å². The molecule has 0 aliphatic carbocycles. The van der Waals surface area contributed by atoms with Crippen molar-refractivity contribution >= 4 is 11.6 Å². The van der Waals surface area contributed by atoms with Crippen molar-refractivity contribution in [1.82, 2.24) is 4.90 Å². The van der Waals surface area contributed by atoms with Gasteiger partial charge in [0, 0.05) is 12.2 Å². The van der Waals surface area contributed by atoms with Gasteiger partial charge in [-0.05, 0) is 49.4 Å². The fourth-order valence-electron chi connectivity index (χ4n) is 3.24. The molecule has 0 aliphatic rings. The van der Waals surface area contributed by atoms with Crippen molar-refractivity contribution in [2.45, 2.75) is 19.5 Å². The molecule has 1 atom stereocenters. The van der Waals surface area contributed by atoms with E-state index in [4.69, 9.17) is 4.74 Å². The first kappa shape index (κ1) is 19.6. The molecule has 1 N–H and O–H groups in total. The lowest BCUT2D eigenvalue weighted by Gasteiger charge is -2.28. The molecule has 0 aromatic heterocycles. The zero-order valence-corrected chi connectivity index (χ0v) is 16.6. The molecule has 28 heavy (non-hydrogen) atoms. The number of nitrogens with one attached hydrogen (secondary N) is 1. The van der Waals surface area contributed by atoms with E-state index in [1.165, 1.54) is 0 Å². The Kier molecular flexibility index (Phi) is 6.45. The highest BCUT2D eigenvalue weighted by Crippen LogP contribution is 2.24. The van der Waals surface area contributed by atoms with Crippen LogP contribution in [0.2, 0.25) is 0 Å². The molecule has 0 heterocycles. The summed E-state index contributed by atoms with van der Waals surface area (Å²) in [6, 6.07) is 25.2. The van der Waals surface area contributed by atoms with Gasteiger partial charge < -0.3 is 10.1 Å². The number of hydrogen-bond donors (Lipinski definition) is 1. The third kappa shape index (κ3) is 4.99. The highest BCUT2D eigenvalue weighted by atomic mass is 16.5. The van der Waals surface area contributed by atoms with Gasteiger partial charge in [-0.25, -0.2) is 0 Å². The molecule has 1 amide bonds. The summed E-state index contributed by atoms with van der Waals surface area (Å²) in [6.07, 6.45) is 0. The van der Waals surface area contributed by atoms with Crippen LogP contribution in [0.25, 0.3) is 0 Å². The lowest BCUT2D eigenvalue weighted by Crippen LogP contribution is -2.34. The first-order valence-corrected chi connectivity index (χ1v) is 9.32. The van der Waals surface area contributed by atoms with Crippen molar-refractivity contribution in [1.29, 1.82) is 0 Å². The number of anilines is 1. The van der Waals surface area contributed by atoms with Gasteiger partial charge in [0.2, 0.25) is 5.91 Å². The van der Waals surface area contributed by atoms with Crippen LogP contribution < -0.4 is 10.1 Å². The Morgan fingerprint density at radius 3 is 2.39 bits per heavy atom. The van der Waals surface area contributed by atoms with Crippen molar-refractivity contribution < 1.29 is 9.53 Å². The minimum Gasteiger partial charge on any atom is -0.497 e. The number of carbonyl (C=O) groups excluding carboxylic acids is 1.